The highest BCUT2D eigenvalue weighted by Gasteiger charge is 2.09. The number of hydrogen-bond acceptors (Lipinski definition) is 6. The van der Waals surface area contributed by atoms with E-state index in [1.165, 1.54) is 0 Å². The van der Waals surface area contributed by atoms with Crippen molar-refractivity contribution in [2.45, 2.75) is 26.7 Å². The monoisotopic (exact) mass is 326 g/mol. The van der Waals surface area contributed by atoms with Gasteiger partial charge in [0.2, 0.25) is 0 Å². The van der Waals surface area contributed by atoms with Crippen molar-refractivity contribution < 1.29 is 19.2 Å². The molecule has 0 radical (unpaired) electrons. The largest absolute Gasteiger partial charge is 0.507 e. The summed E-state index contributed by atoms with van der Waals surface area (Å²) in [7, 11) is 0. The molecule has 2 aromatic carbocycles. The van der Waals surface area contributed by atoms with Crippen LogP contribution in [0.1, 0.15) is 25.4 Å². The molecule has 4 rings (SSSR count). The normalized spacial score (nSPS) is 10.8. The van der Waals surface area contributed by atoms with E-state index in [0.717, 1.165) is 23.9 Å². The van der Waals surface area contributed by atoms with Crippen LogP contribution in [-0.2, 0) is 12.8 Å². The number of oxazole rings is 1. The van der Waals surface area contributed by atoms with E-state index in [0.29, 0.717) is 22.6 Å². The van der Waals surface area contributed by atoms with E-state index in [2.05, 4.69) is 10.1 Å². The molecule has 2 N–H and O–H groups in total. The van der Waals surface area contributed by atoms with Crippen LogP contribution in [0, 0.1) is 0 Å². The zero-order chi connectivity index (χ0) is 17.1. The molecule has 0 spiro atoms. The molecule has 4 aromatic rings. The van der Waals surface area contributed by atoms with Gasteiger partial charge in [0.05, 0.1) is 11.1 Å². The maximum absolute atomic E-state index is 9.47. The minimum Gasteiger partial charge on any atom is -0.507 e. The van der Waals surface area contributed by atoms with Gasteiger partial charge in [0.25, 0.3) is 0 Å². The fourth-order valence-electron chi connectivity index (χ4n) is 2.41. The Morgan fingerprint density at radius 3 is 2.29 bits per heavy atom. The number of aryl methyl sites for hydroxylation is 2. The van der Waals surface area contributed by atoms with E-state index in [9.17, 15) is 10.2 Å². The molecule has 0 atom stereocenters. The maximum atomic E-state index is 9.47. The lowest BCUT2D eigenvalue weighted by Crippen LogP contribution is -1.78. The van der Waals surface area contributed by atoms with E-state index in [1.54, 1.807) is 36.4 Å². The minimum atomic E-state index is 0.177. The highest BCUT2D eigenvalue weighted by molar-refractivity contribution is 5.85. The average Bonchev–Trinajstić information content (AvgIpc) is 3.20. The van der Waals surface area contributed by atoms with Crippen LogP contribution >= 0.6 is 0 Å². The van der Waals surface area contributed by atoms with Gasteiger partial charge >= 0.3 is 0 Å². The van der Waals surface area contributed by atoms with Crippen molar-refractivity contribution >= 4 is 22.1 Å². The smallest absolute Gasteiger partial charge is 0.195 e. The second-order valence-corrected chi connectivity index (χ2v) is 5.22. The van der Waals surface area contributed by atoms with Gasteiger partial charge in [0, 0.05) is 6.42 Å². The summed E-state index contributed by atoms with van der Waals surface area (Å²) in [6, 6.07) is 10.3. The number of phenols is 2. The zero-order valence-electron chi connectivity index (χ0n) is 13.5. The number of para-hydroxylation sites is 1. The van der Waals surface area contributed by atoms with Crippen LogP contribution in [0.15, 0.2) is 45.3 Å². The summed E-state index contributed by atoms with van der Waals surface area (Å²) in [5, 5.41) is 23.4. The molecule has 0 aliphatic heterocycles. The van der Waals surface area contributed by atoms with Gasteiger partial charge in [-0.1, -0.05) is 31.1 Å². The van der Waals surface area contributed by atoms with Crippen molar-refractivity contribution in [1.82, 2.24) is 10.1 Å². The molecule has 0 aliphatic rings. The summed E-state index contributed by atoms with van der Waals surface area (Å²) in [6.45, 7) is 3.94. The molecule has 0 fully saturated rings. The lowest BCUT2D eigenvalue weighted by atomic mass is 10.2. The van der Waals surface area contributed by atoms with E-state index in [-0.39, 0.29) is 11.5 Å². The first-order valence-corrected chi connectivity index (χ1v) is 7.77. The fraction of sp³-hybridized carbons (Fsp3) is 0.222. The van der Waals surface area contributed by atoms with Crippen molar-refractivity contribution in [2.75, 3.05) is 0 Å². The second kappa shape index (κ2) is 6.62. The topological polar surface area (TPSA) is 92.5 Å². The Morgan fingerprint density at radius 2 is 1.62 bits per heavy atom. The molecule has 6 nitrogen and oxygen atoms in total. The van der Waals surface area contributed by atoms with Crippen LogP contribution in [-0.4, -0.2) is 20.4 Å². The third-order valence-corrected chi connectivity index (χ3v) is 3.63. The number of aromatic hydroxyl groups is 2. The van der Waals surface area contributed by atoms with Gasteiger partial charge in [-0.3, -0.25) is 0 Å². The summed E-state index contributed by atoms with van der Waals surface area (Å²) >= 11 is 0. The first-order valence-electron chi connectivity index (χ1n) is 7.77. The Balaban J connectivity index is 0.000000141. The van der Waals surface area contributed by atoms with Crippen molar-refractivity contribution in [3.63, 3.8) is 0 Å². The SMILES string of the molecule is CCc1nc2c(O)cccc2o1.CCc1noc2cccc(O)c12. The highest BCUT2D eigenvalue weighted by Crippen LogP contribution is 2.27. The lowest BCUT2D eigenvalue weighted by Gasteiger charge is -1.92. The molecule has 6 heteroatoms. The van der Waals surface area contributed by atoms with Gasteiger partial charge in [-0.2, -0.15) is 0 Å². The third-order valence-electron chi connectivity index (χ3n) is 3.63. The van der Waals surface area contributed by atoms with Gasteiger partial charge in [0.1, 0.15) is 11.5 Å². The Kier molecular flexibility index (Phi) is 4.37. The van der Waals surface area contributed by atoms with Crippen molar-refractivity contribution in [3.8, 4) is 11.5 Å². The molecular weight excluding hydrogens is 308 g/mol. The van der Waals surface area contributed by atoms with E-state index < -0.39 is 0 Å². The number of phenolic OH excluding ortho intramolecular Hbond substituents is 2. The number of benzene rings is 2. The summed E-state index contributed by atoms with van der Waals surface area (Å²) in [5.41, 5.74) is 2.65. The molecule has 0 unspecified atom stereocenters. The van der Waals surface area contributed by atoms with Crippen molar-refractivity contribution in [3.05, 3.63) is 48.0 Å². The lowest BCUT2D eigenvalue weighted by molar-refractivity contribution is 0.447. The highest BCUT2D eigenvalue weighted by atomic mass is 16.5. The number of nitrogens with zero attached hydrogens (tertiary/aromatic N) is 2. The molecule has 2 heterocycles. The first kappa shape index (κ1) is 15.9. The van der Waals surface area contributed by atoms with Crippen LogP contribution in [0.3, 0.4) is 0 Å². The Labute approximate surface area is 138 Å². The van der Waals surface area contributed by atoms with Crippen molar-refractivity contribution in [2.24, 2.45) is 0 Å². The van der Waals surface area contributed by atoms with Gasteiger partial charge in [-0.25, -0.2) is 4.98 Å². The summed E-state index contributed by atoms with van der Waals surface area (Å²) in [4.78, 5) is 4.11. The molecule has 0 bridgehead atoms. The van der Waals surface area contributed by atoms with Gasteiger partial charge in [-0.15, -0.1) is 0 Å². The van der Waals surface area contributed by atoms with E-state index >= 15 is 0 Å². The quantitative estimate of drug-likeness (QED) is 0.574. The van der Waals surface area contributed by atoms with Crippen LogP contribution in [0.4, 0.5) is 0 Å². The van der Waals surface area contributed by atoms with E-state index in [1.807, 2.05) is 13.8 Å². The first-order chi connectivity index (χ1) is 11.6. The van der Waals surface area contributed by atoms with Crippen LogP contribution in [0.2, 0.25) is 0 Å². The van der Waals surface area contributed by atoms with Gasteiger partial charge in [-0.05, 0) is 30.7 Å². The molecule has 0 saturated heterocycles. The maximum Gasteiger partial charge on any atom is 0.195 e. The molecule has 0 amide bonds. The Hall–Kier alpha value is -3.02. The predicted octanol–water partition coefficient (Wildman–Crippen LogP) is 4.19. The van der Waals surface area contributed by atoms with Crippen LogP contribution < -0.4 is 0 Å². The molecule has 0 aliphatic carbocycles. The molecule has 124 valence electrons. The predicted molar refractivity (Wildman–Crippen MR) is 90.1 cm³/mol. The third kappa shape index (κ3) is 2.90. The van der Waals surface area contributed by atoms with Crippen LogP contribution in [0.5, 0.6) is 11.5 Å². The number of hydrogen-bond donors (Lipinski definition) is 2. The Bertz CT molecular complexity index is 966. The molecule has 0 saturated carbocycles. The average molecular weight is 326 g/mol. The second-order valence-electron chi connectivity index (χ2n) is 5.22. The van der Waals surface area contributed by atoms with Gasteiger partial charge < -0.3 is 19.2 Å². The fourth-order valence-corrected chi connectivity index (χ4v) is 2.41. The van der Waals surface area contributed by atoms with E-state index in [4.69, 9.17) is 8.94 Å². The van der Waals surface area contributed by atoms with Gasteiger partial charge in [0.15, 0.2) is 22.6 Å². The molecule has 2 aromatic heterocycles. The number of aromatic nitrogens is 2. The van der Waals surface area contributed by atoms with Crippen LogP contribution in [0.25, 0.3) is 22.1 Å². The molecule has 24 heavy (non-hydrogen) atoms. The summed E-state index contributed by atoms with van der Waals surface area (Å²) < 4.78 is 10.3. The standard InChI is InChI=1S/2C9H9NO2/c1-2-8-10-9-6(11)4-3-5-7(9)12-8;1-2-6-9-7(11)4-3-5-8(9)12-10-6/h2*3-5,11H,2H2,1H3. The van der Waals surface area contributed by atoms with Crippen molar-refractivity contribution in [1.29, 1.82) is 0 Å². The summed E-state index contributed by atoms with van der Waals surface area (Å²) in [6.07, 6.45) is 1.51. The minimum absolute atomic E-state index is 0.177. The Morgan fingerprint density at radius 1 is 0.917 bits per heavy atom. The zero-order valence-corrected chi connectivity index (χ0v) is 13.5. The number of fused-ring (bicyclic) bond motifs is 2. The number of rotatable bonds is 2. The molecular formula is C18H18N2O4. The summed E-state index contributed by atoms with van der Waals surface area (Å²) in [5.74, 6) is 1.08.